The van der Waals surface area contributed by atoms with Crippen molar-refractivity contribution >= 4 is 39.1 Å². The van der Waals surface area contributed by atoms with E-state index in [-0.39, 0.29) is 17.5 Å². The highest BCUT2D eigenvalue weighted by Crippen LogP contribution is 2.57. The summed E-state index contributed by atoms with van der Waals surface area (Å²) in [5.74, 6) is -1.84. The number of ether oxygens (including phenoxy) is 1. The number of carbonyl (C=O) groups is 2. The lowest BCUT2D eigenvalue weighted by Crippen LogP contribution is -2.39. The maximum absolute atomic E-state index is 12.9. The number of hydrogen-bond donors (Lipinski definition) is 0. The molecule has 4 atom stereocenters. The second-order valence-corrected chi connectivity index (χ2v) is 7.52. The Morgan fingerprint density at radius 2 is 1.71 bits per heavy atom. The Bertz CT molecular complexity index is 817. The van der Waals surface area contributed by atoms with Crippen LogP contribution in [0, 0.1) is 22.0 Å². The van der Waals surface area contributed by atoms with Crippen molar-refractivity contribution in [2.45, 2.75) is 25.0 Å². The first-order valence-corrected chi connectivity index (χ1v) is 8.19. The van der Waals surface area contributed by atoms with E-state index < -0.39 is 28.0 Å². The van der Waals surface area contributed by atoms with Crippen LogP contribution < -0.4 is 4.90 Å². The number of nitrogens with zero attached hydrogens (tertiary/aromatic N) is 2. The number of imide groups is 1. The number of carbonyl (C=O) groups excluding carboxylic acids is 2. The highest BCUT2D eigenvalue weighted by molar-refractivity contribution is 9.10. The normalized spacial score (nSPS) is 36.5. The van der Waals surface area contributed by atoms with Gasteiger partial charge in [0.1, 0.15) is 0 Å². The number of nitro benzene ring substituents is 1. The van der Waals surface area contributed by atoms with Crippen molar-refractivity contribution in [3.8, 4) is 0 Å². The molecule has 8 heteroatoms. The molecule has 3 aliphatic heterocycles. The maximum Gasteiger partial charge on any atom is 0.270 e. The predicted octanol–water partition coefficient (Wildman–Crippen LogP) is 2.58. The average Bonchev–Trinajstić information content (AvgIpc) is 3.04. The molecule has 0 N–H and O–H groups in total. The number of halogens is 1. The van der Waals surface area contributed by atoms with E-state index in [1.807, 2.05) is 12.2 Å². The van der Waals surface area contributed by atoms with E-state index in [1.165, 1.54) is 18.2 Å². The van der Waals surface area contributed by atoms with Gasteiger partial charge in [0.15, 0.2) is 0 Å². The molecule has 2 bridgehead atoms. The van der Waals surface area contributed by atoms with Gasteiger partial charge in [0, 0.05) is 16.6 Å². The topological polar surface area (TPSA) is 89.8 Å². The first kappa shape index (κ1) is 15.5. The fraction of sp³-hybridized carbons (Fsp3) is 0.375. The van der Waals surface area contributed by atoms with Crippen molar-refractivity contribution in [3.63, 3.8) is 0 Å². The van der Waals surface area contributed by atoms with Crippen molar-refractivity contribution in [2.24, 2.45) is 11.8 Å². The third-order valence-corrected chi connectivity index (χ3v) is 5.74. The summed E-state index contributed by atoms with van der Waals surface area (Å²) >= 11 is 3.24. The predicted molar refractivity (Wildman–Crippen MR) is 87.3 cm³/mol. The smallest absolute Gasteiger partial charge is 0.270 e. The average molecular weight is 393 g/mol. The summed E-state index contributed by atoms with van der Waals surface area (Å²) < 4.78 is 6.27. The van der Waals surface area contributed by atoms with Gasteiger partial charge in [0.25, 0.3) is 5.69 Å². The number of nitro groups is 1. The summed E-state index contributed by atoms with van der Waals surface area (Å²) in [7, 11) is 0. The lowest BCUT2D eigenvalue weighted by atomic mass is 9.73. The van der Waals surface area contributed by atoms with Gasteiger partial charge in [-0.2, -0.15) is 0 Å². The van der Waals surface area contributed by atoms with Gasteiger partial charge in [-0.3, -0.25) is 19.7 Å². The molecule has 124 valence electrons. The molecular weight excluding hydrogens is 380 g/mol. The zero-order valence-corrected chi connectivity index (χ0v) is 14.4. The quantitative estimate of drug-likeness (QED) is 0.334. The standard InChI is InChI=1S/C16H13BrN2O5/c1-15-5-6-16(2,24-15)12-11(15)13(20)18(14(12)21)10-4-3-8(19(22)23)7-9(10)17/h3-7,11-12H,1-2H3/t11-,12+,15-,16-/m0/s1. The van der Waals surface area contributed by atoms with Crippen LogP contribution in [0.15, 0.2) is 34.8 Å². The zero-order valence-electron chi connectivity index (χ0n) is 12.9. The Morgan fingerprint density at radius 1 is 1.17 bits per heavy atom. The van der Waals surface area contributed by atoms with Gasteiger partial charge in [-0.25, -0.2) is 4.90 Å². The number of rotatable bonds is 2. The van der Waals surface area contributed by atoms with Crippen LogP contribution in [0.3, 0.4) is 0 Å². The minimum atomic E-state index is -0.797. The summed E-state index contributed by atoms with van der Waals surface area (Å²) in [5, 5.41) is 10.9. The first-order chi connectivity index (χ1) is 11.2. The number of benzene rings is 1. The van der Waals surface area contributed by atoms with Crippen LogP contribution in [0.1, 0.15) is 13.8 Å². The fourth-order valence-corrected chi connectivity index (χ4v) is 4.60. The number of non-ortho nitro benzene ring substituents is 1. The third-order valence-electron chi connectivity index (χ3n) is 5.11. The molecule has 2 fully saturated rings. The minimum Gasteiger partial charge on any atom is -0.359 e. The number of amides is 2. The summed E-state index contributed by atoms with van der Waals surface area (Å²) in [6.07, 6.45) is 3.68. The van der Waals surface area contributed by atoms with Crippen LogP contribution in [0.5, 0.6) is 0 Å². The van der Waals surface area contributed by atoms with Crippen molar-refractivity contribution < 1.29 is 19.2 Å². The number of hydrogen-bond acceptors (Lipinski definition) is 5. The molecule has 3 aliphatic rings. The SMILES string of the molecule is C[C@@]12C=C[C@](C)(O1)[C@H]1C(=O)N(c3ccc([N+](=O)[O-])cc3Br)C(=O)[C@H]12. The van der Waals surface area contributed by atoms with Gasteiger partial charge in [-0.1, -0.05) is 12.2 Å². The molecule has 7 nitrogen and oxygen atoms in total. The van der Waals surface area contributed by atoms with E-state index in [0.29, 0.717) is 10.2 Å². The zero-order chi connectivity index (χ0) is 17.4. The Hall–Kier alpha value is -2.06. The van der Waals surface area contributed by atoms with Crippen molar-refractivity contribution in [3.05, 3.63) is 44.9 Å². The van der Waals surface area contributed by atoms with Gasteiger partial charge in [0.05, 0.1) is 33.6 Å². The Balaban J connectivity index is 1.79. The van der Waals surface area contributed by atoms with E-state index >= 15 is 0 Å². The molecule has 0 unspecified atom stereocenters. The first-order valence-electron chi connectivity index (χ1n) is 7.40. The molecule has 1 aromatic rings. The molecule has 2 amide bonds. The van der Waals surface area contributed by atoms with Crippen LogP contribution in [0.4, 0.5) is 11.4 Å². The second kappa shape index (κ2) is 4.52. The molecule has 4 rings (SSSR count). The van der Waals surface area contributed by atoms with Crippen LogP contribution in [-0.2, 0) is 14.3 Å². The van der Waals surface area contributed by atoms with Gasteiger partial charge in [-0.05, 0) is 35.8 Å². The van der Waals surface area contributed by atoms with E-state index in [2.05, 4.69) is 15.9 Å². The van der Waals surface area contributed by atoms with Crippen LogP contribution in [-0.4, -0.2) is 27.9 Å². The molecule has 0 aromatic heterocycles. The Kier molecular flexibility index (Phi) is 2.91. The van der Waals surface area contributed by atoms with Crippen LogP contribution in [0.25, 0.3) is 0 Å². The van der Waals surface area contributed by atoms with Gasteiger partial charge >= 0.3 is 0 Å². The van der Waals surface area contributed by atoms with E-state index in [1.54, 1.807) is 13.8 Å². The molecule has 3 heterocycles. The monoisotopic (exact) mass is 392 g/mol. The van der Waals surface area contributed by atoms with Crippen LogP contribution >= 0.6 is 15.9 Å². The lowest BCUT2D eigenvalue weighted by molar-refractivity contribution is -0.384. The van der Waals surface area contributed by atoms with Gasteiger partial charge in [-0.15, -0.1) is 0 Å². The summed E-state index contributed by atoms with van der Waals surface area (Å²) in [4.78, 5) is 37.3. The van der Waals surface area contributed by atoms with Crippen molar-refractivity contribution in [2.75, 3.05) is 4.90 Å². The van der Waals surface area contributed by atoms with E-state index in [0.717, 1.165) is 4.90 Å². The summed E-state index contributed by atoms with van der Waals surface area (Å²) in [6.45, 7) is 3.61. The maximum atomic E-state index is 12.9. The summed E-state index contributed by atoms with van der Waals surface area (Å²) in [5.41, 5.74) is -1.40. The van der Waals surface area contributed by atoms with Crippen molar-refractivity contribution in [1.29, 1.82) is 0 Å². The van der Waals surface area contributed by atoms with Gasteiger partial charge in [0.2, 0.25) is 11.8 Å². The van der Waals surface area contributed by atoms with E-state index in [4.69, 9.17) is 4.74 Å². The highest BCUT2D eigenvalue weighted by Gasteiger charge is 2.70. The molecule has 0 spiro atoms. The summed E-state index contributed by atoms with van der Waals surface area (Å²) in [6, 6.07) is 3.98. The third kappa shape index (κ3) is 1.75. The second-order valence-electron chi connectivity index (χ2n) is 6.66. The van der Waals surface area contributed by atoms with Crippen molar-refractivity contribution in [1.82, 2.24) is 0 Å². The fourth-order valence-electron chi connectivity index (χ4n) is 4.06. The number of fused-ring (bicyclic) bond motifs is 5. The minimum absolute atomic E-state index is 0.117. The molecule has 2 saturated heterocycles. The van der Waals surface area contributed by atoms with Crippen LogP contribution in [0.2, 0.25) is 0 Å². The van der Waals surface area contributed by atoms with E-state index in [9.17, 15) is 19.7 Å². The largest absolute Gasteiger partial charge is 0.359 e. The molecule has 0 radical (unpaired) electrons. The molecule has 0 aliphatic carbocycles. The molecule has 0 saturated carbocycles. The Labute approximate surface area is 145 Å². The lowest BCUT2D eigenvalue weighted by Gasteiger charge is -2.25. The molecule has 24 heavy (non-hydrogen) atoms. The molecular formula is C16H13BrN2O5. The Morgan fingerprint density at radius 3 is 2.17 bits per heavy atom. The van der Waals surface area contributed by atoms with Gasteiger partial charge < -0.3 is 4.74 Å². The number of anilines is 1. The highest BCUT2D eigenvalue weighted by atomic mass is 79.9. The molecule has 1 aromatic carbocycles.